The minimum Gasteiger partial charge on any atom is -0.370 e. The molecule has 0 saturated heterocycles. The molecular formula is C14H24N4O. The molecule has 0 aliphatic heterocycles. The lowest BCUT2D eigenvalue weighted by molar-refractivity contribution is -0.122. The fourth-order valence-electron chi connectivity index (χ4n) is 1.78. The molecule has 0 fully saturated rings. The molecule has 5 heteroatoms. The van der Waals surface area contributed by atoms with Crippen LogP contribution in [0.25, 0.3) is 0 Å². The molecule has 2 N–H and O–H groups in total. The van der Waals surface area contributed by atoms with Crippen LogP contribution in [-0.2, 0) is 11.3 Å². The van der Waals surface area contributed by atoms with Crippen LogP contribution in [0.15, 0.2) is 18.3 Å². The van der Waals surface area contributed by atoms with Gasteiger partial charge < -0.3 is 10.6 Å². The minimum absolute atomic E-state index is 0.0507. The van der Waals surface area contributed by atoms with Crippen molar-refractivity contribution >= 4 is 11.7 Å². The van der Waals surface area contributed by atoms with Gasteiger partial charge in [-0.15, -0.1) is 0 Å². The van der Waals surface area contributed by atoms with Gasteiger partial charge in [0.05, 0.1) is 6.54 Å². The lowest BCUT2D eigenvalue weighted by atomic mass is 10.2. The molecule has 1 heterocycles. The second kappa shape index (κ2) is 7.74. The quantitative estimate of drug-likeness (QED) is 0.783. The van der Waals surface area contributed by atoms with Crippen LogP contribution in [0.2, 0.25) is 0 Å². The van der Waals surface area contributed by atoms with Gasteiger partial charge in [0.15, 0.2) is 0 Å². The van der Waals surface area contributed by atoms with Gasteiger partial charge in [-0.1, -0.05) is 6.07 Å². The number of hydrogen-bond donors (Lipinski definition) is 2. The minimum atomic E-state index is 0.0507. The van der Waals surface area contributed by atoms with Crippen LogP contribution >= 0.6 is 0 Å². The zero-order valence-electron chi connectivity index (χ0n) is 12.2. The lowest BCUT2D eigenvalue weighted by Crippen LogP contribution is -2.38. The molecule has 5 nitrogen and oxygen atoms in total. The summed E-state index contributed by atoms with van der Waals surface area (Å²) in [5.74, 6) is 0.932. The standard InChI is InChI=1S/C14H24N4O/c1-5-15-13-7-6-12(8-16-13)9-18(4)10-14(19)17-11(2)3/h6-8,11H,5,9-10H2,1-4H3,(H,15,16)(H,17,19). The first kappa shape index (κ1) is 15.4. The number of carbonyl (C=O) groups is 1. The largest absolute Gasteiger partial charge is 0.370 e. The van der Waals surface area contributed by atoms with Crippen molar-refractivity contribution in [3.05, 3.63) is 23.9 Å². The highest BCUT2D eigenvalue weighted by atomic mass is 16.2. The van der Waals surface area contributed by atoms with Gasteiger partial charge in [-0.25, -0.2) is 4.98 Å². The summed E-state index contributed by atoms with van der Waals surface area (Å²) < 4.78 is 0. The van der Waals surface area contributed by atoms with Crippen molar-refractivity contribution in [2.75, 3.05) is 25.5 Å². The maximum atomic E-state index is 11.6. The highest BCUT2D eigenvalue weighted by Gasteiger charge is 2.08. The third-order valence-corrected chi connectivity index (χ3v) is 2.50. The van der Waals surface area contributed by atoms with E-state index in [0.29, 0.717) is 13.1 Å². The Bertz CT molecular complexity index is 389. The second-order valence-corrected chi connectivity index (χ2v) is 4.98. The Labute approximate surface area is 115 Å². The van der Waals surface area contributed by atoms with E-state index in [4.69, 9.17) is 0 Å². The number of nitrogens with zero attached hydrogens (tertiary/aromatic N) is 2. The van der Waals surface area contributed by atoms with Gasteiger partial charge >= 0.3 is 0 Å². The average Bonchev–Trinajstić information content (AvgIpc) is 2.30. The normalized spacial score (nSPS) is 10.8. The lowest BCUT2D eigenvalue weighted by Gasteiger charge is -2.17. The van der Waals surface area contributed by atoms with Gasteiger partial charge in [-0.05, 0) is 39.4 Å². The average molecular weight is 264 g/mol. The van der Waals surface area contributed by atoms with Crippen molar-refractivity contribution in [1.82, 2.24) is 15.2 Å². The molecule has 0 aliphatic rings. The van der Waals surface area contributed by atoms with Crippen molar-refractivity contribution in [2.45, 2.75) is 33.4 Å². The molecule has 0 saturated carbocycles. The summed E-state index contributed by atoms with van der Waals surface area (Å²) in [5.41, 5.74) is 1.10. The van der Waals surface area contributed by atoms with Crippen LogP contribution in [-0.4, -0.2) is 42.0 Å². The summed E-state index contributed by atoms with van der Waals surface area (Å²) in [6, 6.07) is 4.17. The third-order valence-electron chi connectivity index (χ3n) is 2.50. The Morgan fingerprint density at radius 3 is 2.68 bits per heavy atom. The van der Waals surface area contributed by atoms with E-state index in [2.05, 4.69) is 15.6 Å². The number of amides is 1. The zero-order valence-corrected chi connectivity index (χ0v) is 12.2. The summed E-state index contributed by atoms with van der Waals surface area (Å²) in [5, 5.41) is 6.03. The molecule has 0 aromatic carbocycles. The summed E-state index contributed by atoms with van der Waals surface area (Å²) in [6.07, 6.45) is 1.84. The van der Waals surface area contributed by atoms with Crippen molar-refractivity contribution in [2.24, 2.45) is 0 Å². The Morgan fingerprint density at radius 1 is 1.42 bits per heavy atom. The van der Waals surface area contributed by atoms with E-state index < -0.39 is 0 Å². The number of rotatable bonds is 7. The molecule has 0 atom stereocenters. The van der Waals surface area contributed by atoms with E-state index in [-0.39, 0.29) is 11.9 Å². The van der Waals surface area contributed by atoms with E-state index in [1.54, 1.807) is 0 Å². The molecule has 1 amide bonds. The molecule has 1 rings (SSSR count). The van der Waals surface area contributed by atoms with Gasteiger partial charge in [0.25, 0.3) is 0 Å². The van der Waals surface area contributed by atoms with E-state index >= 15 is 0 Å². The van der Waals surface area contributed by atoms with Crippen molar-refractivity contribution < 1.29 is 4.79 Å². The van der Waals surface area contributed by atoms with Crippen LogP contribution in [0.3, 0.4) is 0 Å². The van der Waals surface area contributed by atoms with Gasteiger partial charge in [0.1, 0.15) is 5.82 Å². The van der Waals surface area contributed by atoms with Gasteiger partial charge in [-0.2, -0.15) is 0 Å². The van der Waals surface area contributed by atoms with Crippen molar-refractivity contribution in [3.8, 4) is 0 Å². The molecule has 1 aromatic rings. The molecule has 19 heavy (non-hydrogen) atoms. The Morgan fingerprint density at radius 2 is 2.16 bits per heavy atom. The van der Waals surface area contributed by atoms with Crippen LogP contribution in [0.4, 0.5) is 5.82 Å². The topological polar surface area (TPSA) is 57.3 Å². The SMILES string of the molecule is CCNc1ccc(CN(C)CC(=O)NC(C)C)cn1. The van der Waals surface area contributed by atoms with Crippen molar-refractivity contribution in [3.63, 3.8) is 0 Å². The number of likely N-dealkylation sites (N-methyl/N-ethyl adjacent to an activating group) is 1. The highest BCUT2D eigenvalue weighted by molar-refractivity contribution is 5.78. The Hall–Kier alpha value is -1.62. The number of anilines is 1. The van der Waals surface area contributed by atoms with Gasteiger partial charge in [-0.3, -0.25) is 9.69 Å². The molecule has 0 radical (unpaired) electrons. The smallest absolute Gasteiger partial charge is 0.234 e. The zero-order chi connectivity index (χ0) is 14.3. The Balaban J connectivity index is 2.43. The summed E-state index contributed by atoms with van der Waals surface area (Å²) in [4.78, 5) is 17.9. The second-order valence-electron chi connectivity index (χ2n) is 4.98. The maximum absolute atomic E-state index is 11.6. The predicted molar refractivity (Wildman–Crippen MR) is 78.0 cm³/mol. The first-order valence-electron chi connectivity index (χ1n) is 6.68. The Kier molecular flexibility index (Phi) is 6.29. The monoisotopic (exact) mass is 264 g/mol. The van der Waals surface area contributed by atoms with Crippen molar-refractivity contribution in [1.29, 1.82) is 0 Å². The number of hydrogen-bond acceptors (Lipinski definition) is 4. The predicted octanol–water partition coefficient (Wildman–Crippen LogP) is 1.47. The number of nitrogens with one attached hydrogen (secondary N) is 2. The fourth-order valence-corrected chi connectivity index (χ4v) is 1.78. The summed E-state index contributed by atoms with van der Waals surface area (Å²) >= 11 is 0. The maximum Gasteiger partial charge on any atom is 0.234 e. The molecule has 0 spiro atoms. The molecule has 0 aliphatic carbocycles. The van der Waals surface area contributed by atoms with Crippen LogP contribution in [0.1, 0.15) is 26.3 Å². The van der Waals surface area contributed by atoms with Crippen LogP contribution in [0, 0.1) is 0 Å². The van der Waals surface area contributed by atoms with E-state index in [1.807, 2.05) is 51.0 Å². The van der Waals surface area contributed by atoms with E-state index in [1.165, 1.54) is 0 Å². The van der Waals surface area contributed by atoms with Crippen LogP contribution < -0.4 is 10.6 Å². The number of carbonyl (C=O) groups excluding carboxylic acids is 1. The molecular weight excluding hydrogens is 240 g/mol. The molecule has 0 unspecified atom stereocenters. The van der Waals surface area contributed by atoms with Gasteiger partial charge in [0, 0.05) is 25.3 Å². The third kappa shape index (κ3) is 6.20. The fraction of sp³-hybridized carbons (Fsp3) is 0.571. The first-order valence-corrected chi connectivity index (χ1v) is 6.68. The van der Waals surface area contributed by atoms with Crippen LogP contribution in [0.5, 0.6) is 0 Å². The molecule has 106 valence electrons. The number of pyridine rings is 1. The highest BCUT2D eigenvalue weighted by Crippen LogP contribution is 2.06. The van der Waals surface area contributed by atoms with E-state index in [9.17, 15) is 4.79 Å². The summed E-state index contributed by atoms with van der Waals surface area (Å²) in [7, 11) is 1.93. The van der Waals surface area contributed by atoms with E-state index in [0.717, 1.165) is 17.9 Å². The first-order chi connectivity index (χ1) is 9.01. The van der Waals surface area contributed by atoms with Gasteiger partial charge in [0.2, 0.25) is 5.91 Å². The molecule has 1 aromatic heterocycles. The number of aromatic nitrogens is 1. The molecule has 0 bridgehead atoms. The summed E-state index contributed by atoms with van der Waals surface area (Å²) in [6.45, 7) is 7.93.